The van der Waals surface area contributed by atoms with Crippen molar-refractivity contribution in [2.45, 2.75) is 17.7 Å². The van der Waals surface area contributed by atoms with Crippen LogP contribution in [-0.2, 0) is 14.3 Å². The number of carbonyl (C=O) groups is 2. The smallest absolute Gasteiger partial charge is 0.315 e. The Kier molecular flexibility index (Phi) is 3.84. The number of rotatable bonds is 4. The highest BCUT2D eigenvalue weighted by Crippen LogP contribution is 2.64. The quantitative estimate of drug-likeness (QED) is 0.508. The summed E-state index contributed by atoms with van der Waals surface area (Å²) in [7, 11) is 0. The van der Waals surface area contributed by atoms with E-state index in [1.807, 2.05) is 0 Å². The first-order chi connectivity index (χ1) is 9.24. The summed E-state index contributed by atoms with van der Waals surface area (Å²) in [6.45, 7) is 1.17. The van der Waals surface area contributed by atoms with Gasteiger partial charge in [-0.15, -0.1) is 23.2 Å². The molecule has 1 unspecified atom stereocenters. The summed E-state index contributed by atoms with van der Waals surface area (Å²) >= 11 is 11.7. The predicted molar refractivity (Wildman–Crippen MR) is 74.9 cm³/mol. The molecule has 5 nitrogen and oxygen atoms in total. The van der Waals surface area contributed by atoms with Crippen molar-refractivity contribution < 1.29 is 19.4 Å². The van der Waals surface area contributed by atoms with E-state index in [9.17, 15) is 9.59 Å². The second-order valence-electron chi connectivity index (χ2n) is 4.88. The van der Waals surface area contributed by atoms with Gasteiger partial charge in [-0.25, -0.2) is 0 Å². The number of carbonyl (C=O) groups excluding carboxylic acids is 2. The number of amides is 1. The van der Waals surface area contributed by atoms with Crippen LogP contribution in [0.3, 0.4) is 0 Å². The van der Waals surface area contributed by atoms with Crippen molar-refractivity contribution in [2.75, 3.05) is 11.9 Å². The minimum Gasteiger partial charge on any atom is -0.508 e. The van der Waals surface area contributed by atoms with Gasteiger partial charge in [-0.2, -0.15) is 0 Å². The average Bonchev–Trinajstić information content (AvgIpc) is 2.90. The number of nitrogens with one attached hydrogen (secondary N) is 1. The highest BCUT2D eigenvalue weighted by atomic mass is 35.5. The molecule has 0 bridgehead atoms. The number of anilines is 1. The molecule has 108 valence electrons. The molecule has 1 saturated carbocycles. The van der Waals surface area contributed by atoms with Gasteiger partial charge in [-0.1, -0.05) is 0 Å². The number of ether oxygens (including phenoxy) is 1. The van der Waals surface area contributed by atoms with Crippen LogP contribution in [-0.4, -0.2) is 27.9 Å². The zero-order chi connectivity index (χ0) is 15.0. The molecule has 1 fully saturated rings. The van der Waals surface area contributed by atoms with E-state index in [0.29, 0.717) is 12.1 Å². The lowest BCUT2D eigenvalue weighted by atomic mass is 10.1. The molecular formula is C13H13Cl2NO4. The van der Waals surface area contributed by atoms with Crippen molar-refractivity contribution in [1.29, 1.82) is 0 Å². The third-order valence-corrected chi connectivity index (χ3v) is 4.30. The highest BCUT2D eigenvalue weighted by molar-refractivity contribution is 6.53. The molecule has 20 heavy (non-hydrogen) atoms. The largest absolute Gasteiger partial charge is 0.508 e. The maximum Gasteiger partial charge on any atom is 0.315 e. The molecule has 1 atom stereocenters. The molecule has 0 heterocycles. The van der Waals surface area contributed by atoms with Crippen LogP contribution in [0.15, 0.2) is 24.3 Å². The summed E-state index contributed by atoms with van der Waals surface area (Å²) in [5.41, 5.74) is -0.458. The van der Waals surface area contributed by atoms with Gasteiger partial charge >= 0.3 is 5.97 Å². The van der Waals surface area contributed by atoms with Crippen molar-refractivity contribution in [2.24, 2.45) is 5.41 Å². The fourth-order valence-corrected chi connectivity index (χ4v) is 2.34. The summed E-state index contributed by atoms with van der Waals surface area (Å²) in [4.78, 5) is 23.3. The molecule has 2 N–H and O–H groups in total. The van der Waals surface area contributed by atoms with Crippen LogP contribution in [0.2, 0.25) is 0 Å². The molecule has 7 heteroatoms. The van der Waals surface area contributed by atoms with Crippen LogP contribution < -0.4 is 5.32 Å². The zero-order valence-electron chi connectivity index (χ0n) is 10.7. The number of aromatic hydroxyl groups is 1. The van der Waals surface area contributed by atoms with E-state index in [0.717, 1.165) is 0 Å². The first kappa shape index (κ1) is 14.9. The van der Waals surface area contributed by atoms with Crippen LogP contribution in [0.5, 0.6) is 5.75 Å². The van der Waals surface area contributed by atoms with Gasteiger partial charge in [0.2, 0.25) is 0 Å². The van der Waals surface area contributed by atoms with Gasteiger partial charge in [0.25, 0.3) is 5.91 Å². The molecule has 1 aromatic rings. The van der Waals surface area contributed by atoms with Gasteiger partial charge in [-0.3, -0.25) is 9.59 Å². The number of esters is 1. The Morgan fingerprint density at radius 2 is 1.90 bits per heavy atom. The van der Waals surface area contributed by atoms with E-state index < -0.39 is 28.2 Å². The maximum atomic E-state index is 11.7. The van der Waals surface area contributed by atoms with Crippen molar-refractivity contribution >= 4 is 40.8 Å². The summed E-state index contributed by atoms with van der Waals surface area (Å²) in [5, 5.41) is 11.6. The fourth-order valence-electron chi connectivity index (χ4n) is 1.65. The number of halogens is 2. The Labute approximate surface area is 125 Å². The molecule has 1 aliphatic carbocycles. The number of phenolic OH excluding ortho intramolecular Hbond substituents is 1. The third-order valence-electron chi connectivity index (χ3n) is 3.19. The van der Waals surface area contributed by atoms with E-state index >= 15 is 0 Å². The van der Waals surface area contributed by atoms with Crippen LogP contribution in [0.25, 0.3) is 0 Å². The number of alkyl halides is 2. The lowest BCUT2D eigenvalue weighted by Gasteiger charge is -2.11. The first-order valence-corrected chi connectivity index (χ1v) is 6.64. The topological polar surface area (TPSA) is 75.6 Å². The molecule has 0 aliphatic heterocycles. The molecule has 1 aromatic carbocycles. The van der Waals surface area contributed by atoms with Gasteiger partial charge in [-0.05, 0) is 31.2 Å². The first-order valence-electron chi connectivity index (χ1n) is 5.88. The van der Waals surface area contributed by atoms with Gasteiger partial charge in [0.05, 0.1) is 0 Å². The van der Waals surface area contributed by atoms with Gasteiger partial charge < -0.3 is 15.2 Å². The minimum atomic E-state index is -1.11. The maximum absolute atomic E-state index is 11.7. The summed E-state index contributed by atoms with van der Waals surface area (Å²) in [6.07, 6.45) is 0.307. The fraction of sp³-hybridized carbons (Fsp3) is 0.385. The highest BCUT2D eigenvalue weighted by Gasteiger charge is 2.69. The molecule has 1 aliphatic rings. The lowest BCUT2D eigenvalue weighted by molar-refractivity contribution is -0.152. The monoisotopic (exact) mass is 317 g/mol. The minimum absolute atomic E-state index is 0.0941. The summed E-state index contributed by atoms with van der Waals surface area (Å²) < 4.78 is 3.78. The molecule has 0 aromatic heterocycles. The standard InChI is InChI=1S/C13H13Cl2NO4/c1-12(7-13(12,14)15)11(19)20-6-10(18)16-8-2-4-9(17)5-3-8/h2-5,17H,6-7H2,1H3,(H,16,18). The van der Waals surface area contributed by atoms with E-state index in [1.165, 1.54) is 24.3 Å². The molecule has 2 rings (SSSR count). The Morgan fingerprint density at radius 1 is 1.35 bits per heavy atom. The second-order valence-corrected chi connectivity index (χ2v) is 6.37. The Hall–Kier alpha value is -1.46. The van der Waals surface area contributed by atoms with Crippen molar-refractivity contribution in [3.63, 3.8) is 0 Å². The van der Waals surface area contributed by atoms with Crippen LogP contribution in [0.4, 0.5) is 5.69 Å². The van der Waals surface area contributed by atoms with Gasteiger partial charge in [0.15, 0.2) is 6.61 Å². The van der Waals surface area contributed by atoms with Gasteiger partial charge in [0, 0.05) is 12.1 Å². The number of hydrogen-bond donors (Lipinski definition) is 2. The average molecular weight is 318 g/mol. The van der Waals surface area contributed by atoms with E-state index in [1.54, 1.807) is 6.92 Å². The van der Waals surface area contributed by atoms with Gasteiger partial charge in [0.1, 0.15) is 15.5 Å². The van der Waals surface area contributed by atoms with E-state index in [4.69, 9.17) is 33.0 Å². The van der Waals surface area contributed by atoms with Crippen LogP contribution >= 0.6 is 23.2 Å². The second kappa shape index (κ2) is 5.14. The van der Waals surface area contributed by atoms with E-state index in [-0.39, 0.29) is 5.75 Å². The number of benzene rings is 1. The molecule has 0 saturated heterocycles. The SMILES string of the molecule is CC1(C(=O)OCC(=O)Nc2ccc(O)cc2)CC1(Cl)Cl. The summed E-state index contributed by atoms with van der Waals surface area (Å²) in [6, 6.07) is 5.92. The lowest BCUT2D eigenvalue weighted by Crippen LogP contribution is -2.26. The molecule has 0 spiro atoms. The molecule has 1 amide bonds. The Morgan fingerprint density at radius 3 is 2.40 bits per heavy atom. The normalized spacial score (nSPS) is 22.9. The number of hydrogen-bond acceptors (Lipinski definition) is 4. The summed E-state index contributed by atoms with van der Waals surface area (Å²) in [5.74, 6) is -0.983. The van der Waals surface area contributed by atoms with Crippen LogP contribution in [0, 0.1) is 5.41 Å². The predicted octanol–water partition coefficient (Wildman–Crippen LogP) is 2.46. The van der Waals surface area contributed by atoms with Crippen LogP contribution in [0.1, 0.15) is 13.3 Å². The Balaban J connectivity index is 1.81. The Bertz CT molecular complexity index is 544. The number of phenols is 1. The zero-order valence-corrected chi connectivity index (χ0v) is 12.2. The van der Waals surface area contributed by atoms with E-state index in [2.05, 4.69) is 5.32 Å². The molecule has 0 radical (unpaired) electrons. The molecular weight excluding hydrogens is 305 g/mol. The van der Waals surface area contributed by atoms with Crippen molar-refractivity contribution in [3.8, 4) is 5.75 Å². The van der Waals surface area contributed by atoms with Crippen molar-refractivity contribution in [1.82, 2.24) is 0 Å². The van der Waals surface area contributed by atoms with Crippen molar-refractivity contribution in [3.05, 3.63) is 24.3 Å². The third kappa shape index (κ3) is 2.99.